The van der Waals surface area contributed by atoms with E-state index in [1.54, 1.807) is 30.6 Å². The summed E-state index contributed by atoms with van der Waals surface area (Å²) >= 11 is 6.07. The normalized spacial score (nSPS) is 9.70. The van der Waals surface area contributed by atoms with Crippen LogP contribution in [0, 0.1) is 11.8 Å². The van der Waals surface area contributed by atoms with E-state index in [1.807, 2.05) is 0 Å². The van der Waals surface area contributed by atoms with Crippen molar-refractivity contribution in [2.45, 2.75) is 6.54 Å². The lowest BCUT2D eigenvalue weighted by molar-refractivity contribution is 0.0950. The van der Waals surface area contributed by atoms with Crippen molar-refractivity contribution in [2.75, 3.05) is 6.54 Å². The van der Waals surface area contributed by atoms with Crippen molar-refractivity contribution in [2.24, 2.45) is 5.73 Å². The second kappa shape index (κ2) is 6.75. The van der Waals surface area contributed by atoms with Crippen molar-refractivity contribution in [3.05, 3.63) is 52.6 Å². The number of hydrogen-bond donors (Lipinski definition) is 3. The Bertz CT molecular complexity index is 656. The predicted octanol–water partition coefficient (Wildman–Crippen LogP) is 1.30. The number of rotatable bonds is 3. The van der Waals surface area contributed by atoms with Crippen molar-refractivity contribution < 1.29 is 4.79 Å². The van der Waals surface area contributed by atoms with E-state index in [9.17, 15) is 4.79 Å². The zero-order chi connectivity index (χ0) is 14.4. The number of carbonyl (C=O) groups excluding carboxylic acids is 1. The molecule has 0 saturated heterocycles. The Morgan fingerprint density at radius 2 is 2.35 bits per heavy atom. The standard InChI is InChI=1S/C14H13ClN4O/c15-12-8-11(4-3-10(12)2-1-5-16)14(20)19-9-13-17-6-7-18-13/h3-4,6-8H,5,9,16H2,(H,17,18)(H,19,20). The summed E-state index contributed by atoms with van der Waals surface area (Å²) in [4.78, 5) is 18.9. The van der Waals surface area contributed by atoms with Crippen molar-refractivity contribution in [3.8, 4) is 11.8 Å². The maximum absolute atomic E-state index is 11.9. The third-order valence-electron chi connectivity index (χ3n) is 2.53. The minimum Gasteiger partial charge on any atom is -0.347 e. The minimum atomic E-state index is -0.221. The maximum atomic E-state index is 11.9. The molecule has 0 spiro atoms. The number of aromatic nitrogens is 2. The summed E-state index contributed by atoms with van der Waals surface area (Å²) in [5.74, 6) is 6.03. The van der Waals surface area contributed by atoms with Crippen LogP contribution in [0.2, 0.25) is 5.02 Å². The molecule has 6 heteroatoms. The number of carbonyl (C=O) groups is 1. The van der Waals surface area contributed by atoms with Crippen LogP contribution in [0.1, 0.15) is 21.7 Å². The maximum Gasteiger partial charge on any atom is 0.251 e. The lowest BCUT2D eigenvalue weighted by atomic mass is 10.1. The number of aromatic amines is 1. The molecular formula is C14H13ClN4O. The van der Waals surface area contributed by atoms with Crippen molar-refractivity contribution in [1.82, 2.24) is 15.3 Å². The Labute approximate surface area is 121 Å². The number of halogens is 1. The number of hydrogen-bond acceptors (Lipinski definition) is 3. The zero-order valence-electron chi connectivity index (χ0n) is 10.6. The molecule has 0 aliphatic heterocycles. The minimum absolute atomic E-state index is 0.221. The van der Waals surface area contributed by atoms with E-state index in [1.165, 1.54) is 0 Å². The van der Waals surface area contributed by atoms with Gasteiger partial charge in [0.25, 0.3) is 5.91 Å². The number of nitrogens with zero attached hydrogens (tertiary/aromatic N) is 1. The molecule has 1 heterocycles. The van der Waals surface area contributed by atoms with Gasteiger partial charge in [-0.3, -0.25) is 4.79 Å². The van der Waals surface area contributed by atoms with Crippen molar-refractivity contribution >= 4 is 17.5 Å². The summed E-state index contributed by atoms with van der Waals surface area (Å²) in [5, 5.41) is 3.17. The average molecular weight is 289 g/mol. The number of nitrogens with one attached hydrogen (secondary N) is 2. The van der Waals surface area contributed by atoms with E-state index in [0.717, 1.165) is 0 Å². The van der Waals surface area contributed by atoms with Gasteiger partial charge in [0.2, 0.25) is 0 Å². The Morgan fingerprint density at radius 3 is 3.00 bits per heavy atom. The van der Waals surface area contributed by atoms with Gasteiger partial charge in [-0.25, -0.2) is 4.98 Å². The van der Waals surface area contributed by atoms with Crippen LogP contribution in [0.3, 0.4) is 0 Å². The first kappa shape index (κ1) is 14.1. The number of nitrogens with two attached hydrogens (primary N) is 1. The molecule has 0 aliphatic carbocycles. The summed E-state index contributed by atoms with van der Waals surface area (Å²) in [5.41, 5.74) is 6.43. The smallest absolute Gasteiger partial charge is 0.251 e. The molecule has 0 bridgehead atoms. The van der Waals surface area contributed by atoms with Gasteiger partial charge in [0, 0.05) is 23.5 Å². The van der Waals surface area contributed by atoms with Gasteiger partial charge in [-0.2, -0.15) is 0 Å². The second-order valence-electron chi connectivity index (χ2n) is 3.92. The predicted molar refractivity (Wildman–Crippen MR) is 77.1 cm³/mol. The highest BCUT2D eigenvalue weighted by molar-refractivity contribution is 6.32. The van der Waals surface area contributed by atoms with Crippen molar-refractivity contribution in [3.63, 3.8) is 0 Å². The molecule has 0 aliphatic rings. The fourth-order valence-corrected chi connectivity index (χ4v) is 1.79. The van der Waals surface area contributed by atoms with Crippen LogP contribution in [-0.2, 0) is 6.54 Å². The van der Waals surface area contributed by atoms with Crippen LogP contribution < -0.4 is 11.1 Å². The topological polar surface area (TPSA) is 83.8 Å². The highest BCUT2D eigenvalue weighted by Crippen LogP contribution is 2.17. The zero-order valence-corrected chi connectivity index (χ0v) is 11.4. The molecule has 1 aromatic carbocycles. The van der Waals surface area contributed by atoms with Gasteiger partial charge >= 0.3 is 0 Å². The lowest BCUT2D eigenvalue weighted by Crippen LogP contribution is -2.23. The van der Waals surface area contributed by atoms with Crippen LogP contribution in [0.5, 0.6) is 0 Å². The molecule has 0 fully saturated rings. The molecule has 20 heavy (non-hydrogen) atoms. The summed E-state index contributed by atoms with van der Waals surface area (Å²) in [6, 6.07) is 4.95. The highest BCUT2D eigenvalue weighted by atomic mass is 35.5. The largest absolute Gasteiger partial charge is 0.347 e. The first-order valence-corrected chi connectivity index (χ1v) is 6.33. The Hall–Kier alpha value is -2.29. The van der Waals surface area contributed by atoms with E-state index >= 15 is 0 Å². The summed E-state index contributed by atoms with van der Waals surface area (Å²) in [6.45, 7) is 0.597. The van der Waals surface area contributed by atoms with E-state index in [-0.39, 0.29) is 12.5 Å². The third kappa shape index (κ3) is 3.60. The van der Waals surface area contributed by atoms with Gasteiger partial charge in [0.15, 0.2) is 0 Å². The van der Waals surface area contributed by atoms with Gasteiger partial charge in [0.05, 0.1) is 18.1 Å². The molecule has 2 rings (SSSR count). The number of benzene rings is 1. The molecule has 2 aromatic rings. The highest BCUT2D eigenvalue weighted by Gasteiger charge is 2.08. The quantitative estimate of drug-likeness (QED) is 0.745. The molecular weight excluding hydrogens is 276 g/mol. The summed E-state index contributed by atoms with van der Waals surface area (Å²) in [7, 11) is 0. The Balaban J connectivity index is 2.05. The van der Waals surface area contributed by atoms with Crippen LogP contribution in [0.25, 0.3) is 0 Å². The van der Waals surface area contributed by atoms with Crippen molar-refractivity contribution in [1.29, 1.82) is 0 Å². The molecule has 5 nitrogen and oxygen atoms in total. The van der Waals surface area contributed by atoms with Crippen LogP contribution in [0.4, 0.5) is 0 Å². The van der Waals surface area contributed by atoms with Gasteiger partial charge in [-0.1, -0.05) is 23.4 Å². The summed E-state index contributed by atoms with van der Waals surface area (Å²) < 4.78 is 0. The monoisotopic (exact) mass is 288 g/mol. The van der Waals surface area contributed by atoms with E-state index in [2.05, 4.69) is 27.1 Å². The van der Waals surface area contributed by atoms with Gasteiger partial charge in [-0.05, 0) is 18.2 Å². The van der Waals surface area contributed by atoms with Gasteiger partial charge in [0.1, 0.15) is 5.82 Å². The number of H-pyrrole nitrogens is 1. The molecule has 0 saturated carbocycles. The molecule has 0 unspecified atom stereocenters. The van der Waals surface area contributed by atoms with Gasteiger partial charge < -0.3 is 16.0 Å². The SMILES string of the molecule is NCC#Cc1ccc(C(=O)NCc2ncc[nH]2)cc1Cl. The Morgan fingerprint density at radius 1 is 1.50 bits per heavy atom. The fraction of sp³-hybridized carbons (Fsp3) is 0.143. The average Bonchev–Trinajstić information content (AvgIpc) is 2.96. The lowest BCUT2D eigenvalue weighted by Gasteiger charge is -2.04. The molecule has 1 aromatic heterocycles. The number of amides is 1. The van der Waals surface area contributed by atoms with E-state index in [0.29, 0.717) is 28.5 Å². The molecule has 0 radical (unpaired) electrons. The van der Waals surface area contributed by atoms with Crippen LogP contribution in [-0.4, -0.2) is 22.4 Å². The third-order valence-corrected chi connectivity index (χ3v) is 2.84. The molecule has 0 atom stereocenters. The first-order valence-electron chi connectivity index (χ1n) is 5.95. The van der Waals surface area contributed by atoms with E-state index in [4.69, 9.17) is 17.3 Å². The van der Waals surface area contributed by atoms with E-state index < -0.39 is 0 Å². The molecule has 1 amide bonds. The fourth-order valence-electron chi connectivity index (χ4n) is 1.56. The Kier molecular flexibility index (Phi) is 4.77. The summed E-state index contributed by atoms with van der Waals surface area (Å²) in [6.07, 6.45) is 3.33. The van der Waals surface area contributed by atoms with Gasteiger partial charge in [-0.15, -0.1) is 0 Å². The van der Waals surface area contributed by atoms with Crippen LogP contribution in [0.15, 0.2) is 30.6 Å². The first-order chi connectivity index (χ1) is 9.70. The molecule has 102 valence electrons. The second-order valence-corrected chi connectivity index (χ2v) is 4.33. The van der Waals surface area contributed by atoms with Crippen LogP contribution >= 0.6 is 11.6 Å². The number of imidazole rings is 1. The molecule has 4 N–H and O–H groups in total.